The molecule has 3 fully saturated rings. The normalized spacial score (nSPS) is 30.7. The molecule has 35 heavy (non-hydrogen) atoms. The number of nitrogens with zero attached hydrogens (tertiary/aromatic N) is 2. The van der Waals surface area contributed by atoms with Gasteiger partial charge < -0.3 is 10.6 Å². The zero-order valence-electron chi connectivity index (χ0n) is 19.2. The molecule has 1 saturated carbocycles. The fourth-order valence-electron chi connectivity index (χ4n) is 5.32. The summed E-state index contributed by atoms with van der Waals surface area (Å²) in [5.74, 6) is -1.66. The lowest BCUT2D eigenvalue weighted by Crippen LogP contribution is -2.65. The smallest absolute Gasteiger partial charge is 0.243 e. The molecular formula is C24H29F3N4O3S. The molecule has 3 atom stereocenters. The number of piperidine rings is 1. The van der Waals surface area contributed by atoms with Crippen molar-refractivity contribution in [2.24, 2.45) is 5.41 Å². The Bertz CT molecular complexity index is 1140. The molecule has 1 aromatic carbocycles. The van der Waals surface area contributed by atoms with E-state index in [-0.39, 0.29) is 17.9 Å². The molecule has 1 aliphatic carbocycles. The number of allylic oxidation sites excluding steroid dienone is 2. The predicted octanol–water partition coefficient (Wildman–Crippen LogP) is 2.59. The second kappa shape index (κ2) is 8.94. The minimum absolute atomic E-state index is 0.0526. The summed E-state index contributed by atoms with van der Waals surface area (Å²) < 4.78 is 68.4. The molecule has 1 spiro atoms. The van der Waals surface area contributed by atoms with Gasteiger partial charge in [0.2, 0.25) is 15.9 Å². The van der Waals surface area contributed by atoms with Gasteiger partial charge in [-0.2, -0.15) is 4.31 Å². The Morgan fingerprint density at radius 3 is 2.40 bits per heavy atom. The Morgan fingerprint density at radius 2 is 1.80 bits per heavy atom. The van der Waals surface area contributed by atoms with Gasteiger partial charge in [-0.05, 0) is 67.5 Å². The Kier molecular flexibility index (Phi) is 6.21. The maximum absolute atomic E-state index is 14.3. The van der Waals surface area contributed by atoms with E-state index in [4.69, 9.17) is 0 Å². The number of amides is 1. The monoisotopic (exact) mass is 510 g/mol. The van der Waals surface area contributed by atoms with Crippen molar-refractivity contribution in [1.82, 2.24) is 19.8 Å². The van der Waals surface area contributed by atoms with Crippen molar-refractivity contribution < 1.29 is 26.4 Å². The number of halogens is 3. The second-order valence-electron chi connectivity index (χ2n) is 10.0. The van der Waals surface area contributed by atoms with Gasteiger partial charge in [-0.3, -0.25) is 9.69 Å². The SMILES string of the molecule is O=C(NCC1(N2CCC3(CC2)CC3)C=CC(F)=CN1)C1CC(F)CN1S(=O)(=O)c1ccc(F)cc1. The number of sulfonamides is 1. The average molecular weight is 511 g/mol. The van der Waals surface area contributed by atoms with Crippen molar-refractivity contribution in [2.75, 3.05) is 26.2 Å². The number of likely N-dealkylation sites (tertiary alicyclic amines) is 1. The molecule has 2 N–H and O–H groups in total. The molecule has 1 amide bonds. The lowest BCUT2D eigenvalue weighted by atomic mass is 9.90. The minimum atomic E-state index is -4.21. The van der Waals surface area contributed by atoms with Crippen LogP contribution in [0.25, 0.3) is 0 Å². The lowest BCUT2D eigenvalue weighted by Gasteiger charge is -2.47. The maximum atomic E-state index is 14.3. The van der Waals surface area contributed by atoms with Gasteiger partial charge in [-0.1, -0.05) is 0 Å². The molecule has 5 rings (SSSR count). The number of dihydropyridines is 1. The molecule has 1 aromatic rings. The molecule has 11 heteroatoms. The highest BCUT2D eigenvalue weighted by atomic mass is 32.2. The van der Waals surface area contributed by atoms with Gasteiger partial charge in [0, 0.05) is 32.3 Å². The zero-order chi connectivity index (χ0) is 24.8. The third kappa shape index (κ3) is 4.73. The van der Waals surface area contributed by atoms with Gasteiger partial charge in [-0.25, -0.2) is 21.6 Å². The lowest BCUT2D eigenvalue weighted by molar-refractivity contribution is -0.125. The molecule has 0 bridgehead atoms. The predicted molar refractivity (Wildman–Crippen MR) is 123 cm³/mol. The first-order chi connectivity index (χ1) is 16.6. The van der Waals surface area contributed by atoms with Crippen LogP contribution in [-0.2, 0) is 14.8 Å². The van der Waals surface area contributed by atoms with Crippen molar-refractivity contribution in [1.29, 1.82) is 0 Å². The Morgan fingerprint density at radius 1 is 1.11 bits per heavy atom. The van der Waals surface area contributed by atoms with E-state index in [2.05, 4.69) is 15.5 Å². The fraction of sp³-hybridized carbons (Fsp3) is 0.542. The number of nitrogens with one attached hydrogen (secondary N) is 2. The van der Waals surface area contributed by atoms with Gasteiger partial charge in [0.25, 0.3) is 0 Å². The van der Waals surface area contributed by atoms with Crippen molar-refractivity contribution in [3.8, 4) is 0 Å². The van der Waals surface area contributed by atoms with Crippen LogP contribution in [-0.4, -0.2) is 67.6 Å². The van der Waals surface area contributed by atoms with E-state index in [9.17, 15) is 26.4 Å². The quantitative estimate of drug-likeness (QED) is 0.615. The fourth-order valence-corrected chi connectivity index (χ4v) is 6.95. The molecule has 0 aromatic heterocycles. The summed E-state index contributed by atoms with van der Waals surface area (Å²) in [7, 11) is -4.21. The maximum Gasteiger partial charge on any atom is 0.243 e. The third-order valence-electron chi connectivity index (χ3n) is 7.78. The summed E-state index contributed by atoms with van der Waals surface area (Å²) in [6, 6.07) is 2.97. The van der Waals surface area contributed by atoms with Crippen molar-refractivity contribution >= 4 is 15.9 Å². The summed E-state index contributed by atoms with van der Waals surface area (Å²) >= 11 is 0. The van der Waals surface area contributed by atoms with E-state index in [1.54, 1.807) is 6.08 Å². The molecule has 2 saturated heterocycles. The van der Waals surface area contributed by atoms with Crippen LogP contribution in [0.2, 0.25) is 0 Å². The van der Waals surface area contributed by atoms with Gasteiger partial charge in [0.05, 0.1) is 11.4 Å². The van der Waals surface area contributed by atoms with Crippen LogP contribution in [0.15, 0.2) is 53.3 Å². The van der Waals surface area contributed by atoms with Crippen molar-refractivity contribution in [3.05, 3.63) is 54.3 Å². The summed E-state index contributed by atoms with van der Waals surface area (Å²) in [5.41, 5.74) is -0.439. The molecule has 3 heterocycles. The van der Waals surface area contributed by atoms with Crippen molar-refractivity contribution in [2.45, 2.75) is 54.9 Å². The molecule has 7 nitrogen and oxygen atoms in total. The van der Waals surface area contributed by atoms with Crippen LogP contribution >= 0.6 is 0 Å². The Balaban J connectivity index is 1.31. The molecule has 3 unspecified atom stereocenters. The van der Waals surface area contributed by atoms with Crippen LogP contribution < -0.4 is 10.6 Å². The molecular weight excluding hydrogens is 481 g/mol. The van der Waals surface area contributed by atoms with Gasteiger partial charge in [0.15, 0.2) is 0 Å². The minimum Gasteiger partial charge on any atom is -0.366 e. The number of alkyl halides is 1. The average Bonchev–Trinajstić information content (AvgIpc) is 3.47. The summed E-state index contributed by atoms with van der Waals surface area (Å²) in [6.45, 7) is 1.16. The largest absolute Gasteiger partial charge is 0.366 e. The van der Waals surface area contributed by atoms with E-state index in [1.165, 1.54) is 25.1 Å². The molecule has 190 valence electrons. The van der Waals surface area contributed by atoms with Crippen LogP contribution in [0.1, 0.15) is 32.1 Å². The number of carbonyl (C=O) groups is 1. The summed E-state index contributed by atoms with van der Waals surface area (Å²) in [6.07, 6.45) is 7.02. The van der Waals surface area contributed by atoms with Gasteiger partial charge in [0.1, 0.15) is 29.5 Å². The Labute approximate surface area is 203 Å². The number of benzene rings is 1. The van der Waals surface area contributed by atoms with Gasteiger partial charge in [-0.15, -0.1) is 0 Å². The van der Waals surface area contributed by atoms with Crippen LogP contribution in [0.4, 0.5) is 13.2 Å². The second-order valence-corrected chi connectivity index (χ2v) is 11.9. The number of hydrogen-bond donors (Lipinski definition) is 2. The van der Waals surface area contributed by atoms with Crippen LogP contribution in [0, 0.1) is 11.2 Å². The highest BCUT2D eigenvalue weighted by Gasteiger charge is 2.49. The first-order valence-electron chi connectivity index (χ1n) is 11.9. The number of rotatable bonds is 6. The van der Waals surface area contributed by atoms with Crippen LogP contribution in [0.5, 0.6) is 0 Å². The summed E-state index contributed by atoms with van der Waals surface area (Å²) in [4.78, 5) is 15.1. The molecule has 3 aliphatic heterocycles. The zero-order valence-corrected chi connectivity index (χ0v) is 20.0. The highest BCUT2D eigenvalue weighted by molar-refractivity contribution is 7.89. The van der Waals surface area contributed by atoms with E-state index in [0.29, 0.717) is 5.41 Å². The topological polar surface area (TPSA) is 81.8 Å². The number of carbonyl (C=O) groups excluding carboxylic acids is 1. The van der Waals surface area contributed by atoms with E-state index in [0.717, 1.165) is 54.5 Å². The Hall–Kier alpha value is -2.37. The van der Waals surface area contributed by atoms with Crippen molar-refractivity contribution in [3.63, 3.8) is 0 Å². The third-order valence-corrected chi connectivity index (χ3v) is 9.67. The van der Waals surface area contributed by atoms with Crippen LogP contribution in [0.3, 0.4) is 0 Å². The first kappa shape index (κ1) is 24.3. The number of hydrogen-bond acceptors (Lipinski definition) is 5. The van der Waals surface area contributed by atoms with E-state index in [1.807, 2.05) is 0 Å². The standard InChI is InChI=1S/C24H29F3N4O3S/c25-17-1-3-20(4-2-17)35(33,34)31-15-19(27)13-21(31)22(32)28-16-24(6-5-18(26)14-29-24)30-11-9-23(7-8-23)10-12-30/h1-6,14,19,21,29H,7-13,15-16H2,(H,28,32). The first-order valence-corrected chi connectivity index (χ1v) is 13.3. The molecule has 4 aliphatic rings. The van der Waals surface area contributed by atoms with Gasteiger partial charge >= 0.3 is 0 Å². The highest BCUT2D eigenvalue weighted by Crippen LogP contribution is 2.54. The molecule has 0 radical (unpaired) electrons. The van der Waals surface area contributed by atoms with E-state index < -0.39 is 52.0 Å². The van der Waals surface area contributed by atoms with E-state index >= 15 is 0 Å². The summed E-state index contributed by atoms with van der Waals surface area (Å²) in [5, 5.41) is 5.86.